The molecule has 3 nitrogen and oxygen atoms in total. The van der Waals surface area contributed by atoms with Crippen molar-refractivity contribution in [1.29, 1.82) is 0 Å². The minimum Gasteiger partial charge on any atom is -0.327 e. The minimum absolute atomic E-state index is 0.186. The number of rotatable bonds is 5. The van der Waals surface area contributed by atoms with E-state index in [1.165, 1.54) is 0 Å². The standard InChI is InChI=1S/C14H25N3/c1-14(2,3)13(15)8-10-17(4)11-12-7-5-6-9-16-12/h5-7,9,13H,8,10-11,15H2,1-4H3. The summed E-state index contributed by atoms with van der Waals surface area (Å²) in [5, 5.41) is 0. The molecule has 0 bridgehead atoms. The summed E-state index contributed by atoms with van der Waals surface area (Å²) in [5.74, 6) is 0. The van der Waals surface area contributed by atoms with E-state index in [9.17, 15) is 0 Å². The summed E-state index contributed by atoms with van der Waals surface area (Å²) in [4.78, 5) is 6.59. The Kier molecular flexibility index (Phi) is 5.09. The van der Waals surface area contributed by atoms with Crippen molar-refractivity contribution in [3.8, 4) is 0 Å². The van der Waals surface area contributed by atoms with Gasteiger partial charge in [0.1, 0.15) is 0 Å². The minimum atomic E-state index is 0.186. The average Bonchev–Trinajstić information content (AvgIpc) is 2.26. The second kappa shape index (κ2) is 6.12. The highest BCUT2D eigenvalue weighted by Gasteiger charge is 2.20. The van der Waals surface area contributed by atoms with Gasteiger partial charge in [0.05, 0.1) is 5.69 Å². The molecule has 3 heteroatoms. The van der Waals surface area contributed by atoms with Crippen LogP contribution in [-0.4, -0.2) is 29.5 Å². The number of pyridine rings is 1. The monoisotopic (exact) mass is 235 g/mol. The van der Waals surface area contributed by atoms with Crippen molar-refractivity contribution in [3.05, 3.63) is 30.1 Å². The van der Waals surface area contributed by atoms with Crippen LogP contribution in [0.2, 0.25) is 0 Å². The van der Waals surface area contributed by atoms with E-state index in [2.05, 4.69) is 43.8 Å². The average molecular weight is 235 g/mol. The zero-order valence-electron chi connectivity index (χ0n) is 11.5. The molecule has 0 aromatic carbocycles. The zero-order valence-corrected chi connectivity index (χ0v) is 11.5. The smallest absolute Gasteiger partial charge is 0.0543 e. The third-order valence-electron chi connectivity index (χ3n) is 3.09. The Bertz CT molecular complexity index is 316. The van der Waals surface area contributed by atoms with Gasteiger partial charge in [-0.1, -0.05) is 26.8 Å². The van der Waals surface area contributed by atoms with Gasteiger partial charge in [-0.2, -0.15) is 0 Å². The lowest BCUT2D eigenvalue weighted by Crippen LogP contribution is -2.38. The van der Waals surface area contributed by atoms with Gasteiger partial charge < -0.3 is 10.6 Å². The van der Waals surface area contributed by atoms with Gasteiger partial charge in [0, 0.05) is 18.8 Å². The maximum atomic E-state index is 6.15. The van der Waals surface area contributed by atoms with Crippen LogP contribution in [0.15, 0.2) is 24.4 Å². The summed E-state index contributed by atoms with van der Waals surface area (Å²) in [6.45, 7) is 8.47. The lowest BCUT2D eigenvalue weighted by atomic mass is 9.85. The van der Waals surface area contributed by atoms with Crippen LogP contribution in [0.25, 0.3) is 0 Å². The molecule has 2 N–H and O–H groups in total. The van der Waals surface area contributed by atoms with E-state index in [1.54, 1.807) is 0 Å². The highest BCUT2D eigenvalue weighted by Crippen LogP contribution is 2.19. The van der Waals surface area contributed by atoms with Gasteiger partial charge in [-0.3, -0.25) is 4.98 Å². The summed E-state index contributed by atoms with van der Waals surface area (Å²) < 4.78 is 0. The van der Waals surface area contributed by atoms with Crippen molar-refractivity contribution in [2.45, 2.75) is 39.8 Å². The number of aromatic nitrogens is 1. The van der Waals surface area contributed by atoms with Gasteiger partial charge in [-0.25, -0.2) is 0 Å². The van der Waals surface area contributed by atoms with Crippen LogP contribution in [0.4, 0.5) is 0 Å². The first kappa shape index (κ1) is 14.1. The second-order valence-electron chi connectivity index (χ2n) is 5.82. The maximum absolute atomic E-state index is 6.15. The Morgan fingerprint density at radius 2 is 2.06 bits per heavy atom. The van der Waals surface area contributed by atoms with Crippen molar-refractivity contribution in [1.82, 2.24) is 9.88 Å². The number of nitrogens with two attached hydrogens (primary N) is 1. The molecule has 1 aromatic heterocycles. The van der Waals surface area contributed by atoms with E-state index < -0.39 is 0 Å². The van der Waals surface area contributed by atoms with Gasteiger partial charge in [0.25, 0.3) is 0 Å². The Balaban J connectivity index is 2.33. The van der Waals surface area contributed by atoms with Crippen LogP contribution in [0.5, 0.6) is 0 Å². The molecule has 0 amide bonds. The molecule has 96 valence electrons. The molecule has 1 heterocycles. The van der Waals surface area contributed by atoms with Gasteiger partial charge in [0.2, 0.25) is 0 Å². The fourth-order valence-corrected chi connectivity index (χ4v) is 1.64. The van der Waals surface area contributed by atoms with Crippen LogP contribution in [0, 0.1) is 5.41 Å². The summed E-state index contributed by atoms with van der Waals surface area (Å²) in [7, 11) is 2.12. The highest BCUT2D eigenvalue weighted by atomic mass is 15.1. The molecular formula is C14H25N3. The maximum Gasteiger partial charge on any atom is 0.0543 e. The highest BCUT2D eigenvalue weighted by molar-refractivity contribution is 5.03. The molecule has 0 aliphatic rings. The Morgan fingerprint density at radius 1 is 1.35 bits per heavy atom. The molecule has 1 unspecified atom stereocenters. The summed E-state index contributed by atoms with van der Waals surface area (Å²) in [6, 6.07) is 6.27. The molecule has 0 saturated carbocycles. The Hall–Kier alpha value is -0.930. The van der Waals surface area contributed by atoms with Crippen molar-refractivity contribution in [3.63, 3.8) is 0 Å². The number of hydrogen-bond donors (Lipinski definition) is 1. The number of nitrogens with zero attached hydrogens (tertiary/aromatic N) is 2. The predicted molar refractivity (Wildman–Crippen MR) is 72.6 cm³/mol. The Labute approximate surface area is 105 Å². The van der Waals surface area contributed by atoms with Gasteiger partial charge in [0.15, 0.2) is 0 Å². The van der Waals surface area contributed by atoms with Crippen molar-refractivity contribution in [2.75, 3.05) is 13.6 Å². The first-order valence-electron chi connectivity index (χ1n) is 6.23. The second-order valence-corrected chi connectivity index (χ2v) is 5.82. The zero-order chi connectivity index (χ0) is 12.9. The molecule has 0 aliphatic carbocycles. The van der Waals surface area contributed by atoms with E-state index in [4.69, 9.17) is 5.73 Å². The van der Waals surface area contributed by atoms with E-state index in [-0.39, 0.29) is 11.5 Å². The van der Waals surface area contributed by atoms with E-state index in [0.717, 1.165) is 25.2 Å². The van der Waals surface area contributed by atoms with Gasteiger partial charge in [-0.15, -0.1) is 0 Å². The van der Waals surface area contributed by atoms with Crippen LogP contribution in [0.3, 0.4) is 0 Å². The summed E-state index contributed by atoms with van der Waals surface area (Å²) in [5.41, 5.74) is 7.45. The first-order chi connectivity index (χ1) is 7.89. The van der Waals surface area contributed by atoms with E-state index in [0.29, 0.717) is 0 Å². The summed E-state index contributed by atoms with van der Waals surface area (Å²) >= 11 is 0. The van der Waals surface area contributed by atoms with Crippen LogP contribution < -0.4 is 5.73 Å². The molecule has 17 heavy (non-hydrogen) atoms. The third-order valence-corrected chi connectivity index (χ3v) is 3.09. The molecule has 0 aliphatic heterocycles. The molecule has 0 spiro atoms. The molecule has 1 atom stereocenters. The molecular weight excluding hydrogens is 210 g/mol. The lowest BCUT2D eigenvalue weighted by Gasteiger charge is -2.28. The number of hydrogen-bond acceptors (Lipinski definition) is 3. The van der Waals surface area contributed by atoms with Crippen LogP contribution >= 0.6 is 0 Å². The predicted octanol–water partition coefficient (Wildman–Crippen LogP) is 2.28. The SMILES string of the molecule is CN(CCC(N)C(C)(C)C)Cc1ccccn1. The third kappa shape index (κ3) is 5.29. The Morgan fingerprint density at radius 3 is 2.59 bits per heavy atom. The van der Waals surface area contributed by atoms with Crippen LogP contribution in [0.1, 0.15) is 32.9 Å². The fraction of sp³-hybridized carbons (Fsp3) is 0.643. The molecule has 1 aromatic rings. The van der Waals surface area contributed by atoms with Gasteiger partial charge in [-0.05, 0) is 37.6 Å². The van der Waals surface area contributed by atoms with Crippen molar-refractivity contribution < 1.29 is 0 Å². The molecule has 1 rings (SSSR count). The van der Waals surface area contributed by atoms with Crippen LogP contribution in [-0.2, 0) is 6.54 Å². The fourth-order valence-electron chi connectivity index (χ4n) is 1.64. The van der Waals surface area contributed by atoms with E-state index >= 15 is 0 Å². The van der Waals surface area contributed by atoms with Gasteiger partial charge >= 0.3 is 0 Å². The molecule has 0 fully saturated rings. The lowest BCUT2D eigenvalue weighted by molar-refractivity contribution is 0.250. The summed E-state index contributed by atoms with van der Waals surface area (Å²) in [6.07, 6.45) is 2.86. The first-order valence-corrected chi connectivity index (χ1v) is 6.23. The molecule has 0 radical (unpaired) electrons. The topological polar surface area (TPSA) is 42.1 Å². The molecule has 0 saturated heterocycles. The quantitative estimate of drug-likeness (QED) is 0.851. The largest absolute Gasteiger partial charge is 0.327 e. The van der Waals surface area contributed by atoms with Crippen molar-refractivity contribution in [2.24, 2.45) is 11.1 Å². The normalized spacial score (nSPS) is 14.0. The van der Waals surface area contributed by atoms with E-state index in [1.807, 2.05) is 18.3 Å². The van der Waals surface area contributed by atoms with Crippen molar-refractivity contribution >= 4 is 0 Å².